The molecule has 0 spiro atoms. The summed E-state index contributed by atoms with van der Waals surface area (Å²) in [5, 5.41) is -0.480. The second kappa shape index (κ2) is 6.29. The number of hydrogen-bond acceptors (Lipinski definition) is 4. The molecule has 0 aromatic carbocycles. The number of rotatable bonds is 3. The van der Waals surface area contributed by atoms with Crippen molar-refractivity contribution in [2.24, 2.45) is 0 Å². The number of hydrogen-bond donors (Lipinski definition) is 1. The smallest absolute Gasteiger partial charge is 0.376 e. The third-order valence-electron chi connectivity index (χ3n) is 4.08. The summed E-state index contributed by atoms with van der Waals surface area (Å²) >= 11 is 5.15. The molecule has 0 amide bonds. The average Bonchev–Trinajstić information content (AvgIpc) is 3.02. The van der Waals surface area contributed by atoms with Gasteiger partial charge in [0.1, 0.15) is 5.65 Å². The maximum Gasteiger partial charge on any atom is 0.417 e. The number of aromatic amines is 1. The van der Waals surface area contributed by atoms with Crippen LogP contribution in [0.4, 0.5) is 13.2 Å². The van der Waals surface area contributed by atoms with Gasteiger partial charge >= 0.3 is 6.18 Å². The van der Waals surface area contributed by atoms with Gasteiger partial charge in [-0.2, -0.15) is 13.2 Å². The third kappa shape index (κ3) is 3.10. The predicted molar refractivity (Wildman–Crippen MR) is 84.5 cm³/mol. The fourth-order valence-corrected chi connectivity index (χ4v) is 3.15. The molecule has 1 N–H and O–H groups in total. The molecule has 2 aromatic rings. The maximum atomic E-state index is 13.4. The first-order valence-electron chi connectivity index (χ1n) is 7.66. The fourth-order valence-electron chi connectivity index (χ4n) is 2.89. The highest BCUT2D eigenvalue weighted by Gasteiger charge is 2.35. The Morgan fingerprint density at radius 1 is 1.50 bits per heavy atom. The van der Waals surface area contributed by atoms with Crippen molar-refractivity contribution in [1.29, 1.82) is 0 Å². The van der Waals surface area contributed by atoms with Crippen molar-refractivity contribution in [3.63, 3.8) is 0 Å². The number of halogens is 3. The summed E-state index contributed by atoms with van der Waals surface area (Å²) in [6.07, 6.45) is -2.79. The molecule has 0 unspecified atom stereocenters. The van der Waals surface area contributed by atoms with E-state index in [-0.39, 0.29) is 28.8 Å². The second-order valence-corrected chi connectivity index (χ2v) is 6.10. The molecule has 1 fully saturated rings. The molecule has 5 nitrogen and oxygen atoms in total. The van der Waals surface area contributed by atoms with Gasteiger partial charge in [0.25, 0.3) is 5.56 Å². The first-order valence-corrected chi connectivity index (χ1v) is 8.07. The Bertz CT molecular complexity index is 882. The molecule has 3 rings (SSSR count). The van der Waals surface area contributed by atoms with Gasteiger partial charge in [0.2, 0.25) is 0 Å². The number of alkyl halides is 3. The molecule has 0 bridgehead atoms. The van der Waals surface area contributed by atoms with E-state index in [4.69, 9.17) is 17.0 Å². The van der Waals surface area contributed by atoms with Crippen molar-refractivity contribution in [3.8, 4) is 0 Å². The zero-order chi connectivity index (χ0) is 17.5. The number of fused-ring (bicyclic) bond motifs is 1. The van der Waals surface area contributed by atoms with Crippen LogP contribution >= 0.6 is 12.2 Å². The zero-order valence-corrected chi connectivity index (χ0v) is 13.8. The molecule has 0 aliphatic carbocycles. The topological polar surface area (TPSA) is 59.9 Å². The molecule has 0 saturated carbocycles. The molecule has 1 aliphatic rings. The summed E-state index contributed by atoms with van der Waals surface area (Å²) in [7, 11) is 0. The monoisotopic (exact) mass is 359 g/mol. The Kier molecular flexibility index (Phi) is 4.48. The van der Waals surface area contributed by atoms with Crippen LogP contribution in [0.3, 0.4) is 0 Å². The van der Waals surface area contributed by atoms with Gasteiger partial charge < -0.3 is 4.74 Å². The molecule has 1 saturated heterocycles. The van der Waals surface area contributed by atoms with Crippen molar-refractivity contribution in [2.75, 3.05) is 6.61 Å². The van der Waals surface area contributed by atoms with Crippen molar-refractivity contribution >= 4 is 23.3 Å². The molecule has 0 radical (unpaired) electrons. The van der Waals surface area contributed by atoms with Gasteiger partial charge in [-0.1, -0.05) is 6.92 Å². The first kappa shape index (κ1) is 17.1. The lowest BCUT2D eigenvalue weighted by Crippen LogP contribution is -2.24. The highest BCUT2D eigenvalue weighted by Crippen LogP contribution is 2.33. The number of aryl methyl sites for hydroxylation is 1. The summed E-state index contributed by atoms with van der Waals surface area (Å²) in [5.41, 5.74) is -1.63. The zero-order valence-electron chi connectivity index (χ0n) is 12.9. The Hall–Kier alpha value is -1.74. The van der Waals surface area contributed by atoms with E-state index in [1.165, 1.54) is 4.57 Å². The van der Waals surface area contributed by atoms with Crippen molar-refractivity contribution in [2.45, 2.75) is 45.0 Å². The van der Waals surface area contributed by atoms with Crippen LogP contribution in [0.15, 0.2) is 10.9 Å². The van der Waals surface area contributed by atoms with Crippen LogP contribution in [0.25, 0.3) is 11.0 Å². The lowest BCUT2D eigenvalue weighted by atomic mass is 10.1. The Morgan fingerprint density at radius 3 is 2.83 bits per heavy atom. The van der Waals surface area contributed by atoms with Crippen LogP contribution < -0.4 is 5.56 Å². The highest BCUT2D eigenvalue weighted by molar-refractivity contribution is 7.71. The molecule has 9 heteroatoms. The highest BCUT2D eigenvalue weighted by atomic mass is 32.1. The standard InChI is InChI=1S/C15H16F3N3O2S/c1-2-8-6-10(15(16,17)18)11-12(19-8)21(14(24)20-13(11)22)7-9-4-3-5-23-9/h6,9H,2-5,7H2,1H3,(H,20,22,24)/t9-/m1/s1. The van der Waals surface area contributed by atoms with Gasteiger partial charge in [0.15, 0.2) is 4.77 Å². The van der Waals surface area contributed by atoms with Gasteiger partial charge in [-0.15, -0.1) is 0 Å². The number of aromatic nitrogens is 3. The average molecular weight is 359 g/mol. The number of ether oxygens (including phenoxy) is 1. The summed E-state index contributed by atoms with van der Waals surface area (Å²) in [4.78, 5) is 18.7. The van der Waals surface area contributed by atoms with Crippen LogP contribution in [-0.4, -0.2) is 27.2 Å². The summed E-state index contributed by atoms with van der Waals surface area (Å²) in [5.74, 6) is 0. The normalized spacial score (nSPS) is 18.4. The lowest BCUT2D eigenvalue weighted by molar-refractivity contribution is -0.136. The van der Waals surface area contributed by atoms with E-state index in [9.17, 15) is 18.0 Å². The van der Waals surface area contributed by atoms with Gasteiger partial charge in [-0.05, 0) is 37.5 Å². The van der Waals surface area contributed by atoms with Gasteiger partial charge in [-0.25, -0.2) is 4.98 Å². The molecular formula is C15H16F3N3O2S. The van der Waals surface area contributed by atoms with Gasteiger partial charge in [0.05, 0.1) is 23.6 Å². The molecule has 2 aromatic heterocycles. The minimum absolute atomic E-state index is 0.0362. The maximum absolute atomic E-state index is 13.4. The molecular weight excluding hydrogens is 343 g/mol. The summed E-state index contributed by atoms with van der Waals surface area (Å²) < 4.78 is 47.3. The molecule has 130 valence electrons. The Morgan fingerprint density at radius 2 is 2.25 bits per heavy atom. The van der Waals surface area contributed by atoms with E-state index in [0.29, 0.717) is 13.0 Å². The third-order valence-corrected chi connectivity index (χ3v) is 4.40. The van der Waals surface area contributed by atoms with Crippen LogP contribution in [0.2, 0.25) is 0 Å². The predicted octanol–water partition coefficient (Wildman–Crippen LogP) is 3.21. The molecule has 1 atom stereocenters. The van der Waals surface area contributed by atoms with Crippen molar-refractivity contribution in [3.05, 3.63) is 32.4 Å². The van der Waals surface area contributed by atoms with E-state index in [1.54, 1.807) is 6.92 Å². The second-order valence-electron chi connectivity index (χ2n) is 5.72. The van der Waals surface area contributed by atoms with E-state index in [2.05, 4.69) is 9.97 Å². The largest absolute Gasteiger partial charge is 0.417 e. The SMILES string of the molecule is CCc1cc(C(F)(F)F)c2c(=O)[nH]c(=S)n(C[C@H]3CCCO3)c2n1. The minimum Gasteiger partial charge on any atom is -0.376 e. The minimum atomic E-state index is -4.65. The quantitative estimate of drug-likeness (QED) is 0.855. The van der Waals surface area contributed by atoms with Gasteiger partial charge in [0, 0.05) is 12.3 Å². The van der Waals surface area contributed by atoms with Crippen LogP contribution in [0.1, 0.15) is 31.0 Å². The molecule has 3 heterocycles. The molecule has 1 aliphatic heterocycles. The van der Waals surface area contributed by atoms with Crippen LogP contribution in [-0.2, 0) is 23.9 Å². The van der Waals surface area contributed by atoms with Crippen LogP contribution in [0.5, 0.6) is 0 Å². The number of pyridine rings is 1. The summed E-state index contributed by atoms with van der Waals surface area (Å²) in [6, 6.07) is 0.928. The van der Waals surface area contributed by atoms with Crippen LogP contribution in [0, 0.1) is 4.77 Å². The lowest BCUT2D eigenvalue weighted by Gasteiger charge is -2.17. The van der Waals surface area contributed by atoms with E-state index in [0.717, 1.165) is 18.9 Å². The van der Waals surface area contributed by atoms with Crippen molar-refractivity contribution < 1.29 is 17.9 Å². The number of H-pyrrole nitrogens is 1. The summed E-state index contributed by atoms with van der Waals surface area (Å²) in [6.45, 7) is 2.59. The number of nitrogens with zero attached hydrogens (tertiary/aromatic N) is 2. The van der Waals surface area contributed by atoms with E-state index in [1.807, 2.05) is 0 Å². The van der Waals surface area contributed by atoms with E-state index < -0.39 is 22.7 Å². The first-order chi connectivity index (χ1) is 11.3. The van der Waals surface area contributed by atoms with Gasteiger partial charge in [-0.3, -0.25) is 14.3 Å². The Balaban J connectivity index is 2.31. The number of nitrogens with one attached hydrogen (secondary N) is 1. The van der Waals surface area contributed by atoms with E-state index >= 15 is 0 Å². The van der Waals surface area contributed by atoms with Crippen molar-refractivity contribution in [1.82, 2.24) is 14.5 Å². The fraction of sp³-hybridized carbons (Fsp3) is 0.533. The molecule has 24 heavy (non-hydrogen) atoms. The Labute approximate surface area is 140 Å².